The molecule has 112 valence electrons. The highest BCUT2D eigenvalue weighted by atomic mass is 35.5. The zero-order chi connectivity index (χ0) is 15.6. The van der Waals surface area contributed by atoms with Gasteiger partial charge in [0.05, 0.1) is 6.42 Å². The van der Waals surface area contributed by atoms with E-state index < -0.39 is 11.4 Å². The fraction of sp³-hybridized carbons (Fsp3) is 0.400. The van der Waals surface area contributed by atoms with Crippen molar-refractivity contribution in [2.75, 3.05) is 0 Å². The van der Waals surface area contributed by atoms with Crippen LogP contribution in [-0.4, -0.2) is 21.3 Å². The number of carboxylic acid groups (broad SMARTS) is 1. The van der Waals surface area contributed by atoms with Gasteiger partial charge in [-0.15, -0.1) is 10.2 Å². The van der Waals surface area contributed by atoms with E-state index >= 15 is 0 Å². The second-order valence-electron chi connectivity index (χ2n) is 5.82. The summed E-state index contributed by atoms with van der Waals surface area (Å²) < 4.78 is 5.65. The fourth-order valence-corrected chi connectivity index (χ4v) is 2.33. The van der Waals surface area contributed by atoms with Crippen molar-refractivity contribution in [2.24, 2.45) is 5.41 Å². The van der Waals surface area contributed by atoms with Crippen LogP contribution in [0.25, 0.3) is 11.5 Å². The molecule has 0 amide bonds. The number of nitrogens with zero attached hydrogens (tertiary/aromatic N) is 2. The van der Waals surface area contributed by atoms with Crippen LogP contribution in [0.1, 0.15) is 31.7 Å². The summed E-state index contributed by atoms with van der Waals surface area (Å²) in [5, 5.41) is 17.6. The van der Waals surface area contributed by atoms with E-state index in [1.165, 1.54) is 0 Å². The third kappa shape index (κ3) is 3.82. The lowest BCUT2D eigenvalue weighted by Crippen LogP contribution is -2.19. The van der Waals surface area contributed by atoms with E-state index in [-0.39, 0.29) is 6.42 Å². The number of benzene rings is 1. The van der Waals surface area contributed by atoms with Crippen molar-refractivity contribution in [3.63, 3.8) is 0 Å². The maximum atomic E-state index is 10.8. The first kappa shape index (κ1) is 15.5. The maximum Gasteiger partial charge on any atom is 0.303 e. The Morgan fingerprint density at radius 1 is 1.38 bits per heavy atom. The van der Waals surface area contributed by atoms with Crippen molar-refractivity contribution in [1.82, 2.24) is 10.2 Å². The summed E-state index contributed by atoms with van der Waals surface area (Å²) in [6.45, 7) is 5.60. The van der Waals surface area contributed by atoms with Crippen LogP contribution < -0.4 is 0 Å². The van der Waals surface area contributed by atoms with Gasteiger partial charge in [0.15, 0.2) is 0 Å². The van der Waals surface area contributed by atoms with Gasteiger partial charge >= 0.3 is 5.97 Å². The zero-order valence-corrected chi connectivity index (χ0v) is 12.9. The summed E-state index contributed by atoms with van der Waals surface area (Å²) in [5.41, 5.74) is 1.22. The van der Waals surface area contributed by atoms with Crippen LogP contribution in [0.4, 0.5) is 0 Å². The first-order chi connectivity index (χ1) is 9.78. The van der Waals surface area contributed by atoms with Gasteiger partial charge in [0.2, 0.25) is 11.8 Å². The Morgan fingerprint density at radius 2 is 2.10 bits per heavy atom. The van der Waals surface area contributed by atoms with Crippen molar-refractivity contribution in [2.45, 2.75) is 33.6 Å². The molecule has 0 aliphatic carbocycles. The van der Waals surface area contributed by atoms with Gasteiger partial charge in [-0.2, -0.15) is 0 Å². The lowest BCUT2D eigenvalue weighted by atomic mass is 9.86. The number of halogens is 1. The first-order valence-corrected chi connectivity index (χ1v) is 6.96. The van der Waals surface area contributed by atoms with Crippen molar-refractivity contribution in [1.29, 1.82) is 0 Å². The SMILES string of the molecule is Cc1c(Cl)cccc1-c1nnc(CC(C)(C)CC(=O)O)o1. The molecule has 0 fully saturated rings. The topological polar surface area (TPSA) is 76.2 Å². The Labute approximate surface area is 128 Å². The molecule has 1 aromatic heterocycles. The highest BCUT2D eigenvalue weighted by Gasteiger charge is 2.25. The lowest BCUT2D eigenvalue weighted by molar-refractivity contribution is -0.139. The van der Waals surface area contributed by atoms with Gasteiger partial charge in [0, 0.05) is 17.0 Å². The maximum absolute atomic E-state index is 10.8. The molecule has 0 spiro atoms. The Morgan fingerprint density at radius 3 is 2.76 bits per heavy atom. The van der Waals surface area contributed by atoms with Gasteiger partial charge in [-0.05, 0) is 30.0 Å². The van der Waals surface area contributed by atoms with Gasteiger partial charge in [0.1, 0.15) is 0 Å². The molecule has 0 aliphatic rings. The molecule has 2 aromatic rings. The van der Waals surface area contributed by atoms with Crippen LogP contribution in [0.5, 0.6) is 0 Å². The lowest BCUT2D eigenvalue weighted by Gasteiger charge is -2.19. The molecule has 0 radical (unpaired) electrons. The summed E-state index contributed by atoms with van der Waals surface area (Å²) in [5.74, 6) is -0.0165. The molecule has 1 N–H and O–H groups in total. The molecular weight excluding hydrogens is 292 g/mol. The van der Waals surface area contributed by atoms with Gasteiger partial charge in [-0.3, -0.25) is 4.79 Å². The average molecular weight is 309 g/mol. The minimum absolute atomic E-state index is 0.0426. The first-order valence-electron chi connectivity index (χ1n) is 6.58. The smallest absolute Gasteiger partial charge is 0.303 e. The molecule has 1 aromatic carbocycles. The number of rotatable bonds is 5. The predicted molar refractivity (Wildman–Crippen MR) is 79.2 cm³/mol. The molecule has 0 saturated heterocycles. The van der Waals surface area contributed by atoms with E-state index in [2.05, 4.69) is 10.2 Å². The summed E-state index contributed by atoms with van der Waals surface area (Å²) in [4.78, 5) is 10.8. The van der Waals surface area contributed by atoms with E-state index in [0.29, 0.717) is 23.2 Å². The Bertz CT molecular complexity index is 665. The molecule has 1 heterocycles. The molecule has 21 heavy (non-hydrogen) atoms. The molecule has 0 unspecified atom stereocenters. The van der Waals surface area contributed by atoms with Gasteiger partial charge in [-0.1, -0.05) is 31.5 Å². The molecular formula is C15H17ClN2O3. The standard InChI is InChI=1S/C15H17ClN2O3/c1-9-10(5-4-6-11(9)16)14-18-17-12(21-14)7-15(2,3)8-13(19)20/h4-6H,7-8H2,1-3H3,(H,19,20). The van der Waals surface area contributed by atoms with Crippen LogP contribution in [-0.2, 0) is 11.2 Å². The summed E-state index contributed by atoms with van der Waals surface area (Å²) in [6, 6.07) is 5.48. The third-order valence-electron chi connectivity index (χ3n) is 3.22. The van der Waals surface area contributed by atoms with E-state index in [1.807, 2.05) is 32.9 Å². The third-order valence-corrected chi connectivity index (χ3v) is 3.63. The molecule has 0 saturated carbocycles. The zero-order valence-electron chi connectivity index (χ0n) is 12.2. The molecule has 0 aliphatic heterocycles. The summed E-state index contributed by atoms with van der Waals surface area (Å²) >= 11 is 6.08. The van der Waals surface area contributed by atoms with Crippen LogP contribution in [0.15, 0.2) is 22.6 Å². The van der Waals surface area contributed by atoms with Gasteiger partial charge < -0.3 is 9.52 Å². The fourth-order valence-electron chi connectivity index (χ4n) is 2.15. The van der Waals surface area contributed by atoms with Gasteiger partial charge in [-0.25, -0.2) is 0 Å². The largest absolute Gasteiger partial charge is 0.481 e. The van der Waals surface area contributed by atoms with Gasteiger partial charge in [0.25, 0.3) is 0 Å². The highest BCUT2D eigenvalue weighted by molar-refractivity contribution is 6.31. The second kappa shape index (κ2) is 5.85. The number of carboxylic acids is 1. The second-order valence-corrected chi connectivity index (χ2v) is 6.23. The predicted octanol–water partition coefficient (Wildman–Crippen LogP) is 3.74. The monoisotopic (exact) mass is 308 g/mol. The van der Waals surface area contributed by atoms with Crippen LogP contribution in [0.3, 0.4) is 0 Å². The number of aromatic nitrogens is 2. The van der Waals surface area contributed by atoms with E-state index in [4.69, 9.17) is 21.1 Å². The van der Waals surface area contributed by atoms with Crippen molar-refractivity contribution < 1.29 is 14.3 Å². The van der Waals surface area contributed by atoms with Crippen LogP contribution >= 0.6 is 11.6 Å². The minimum atomic E-state index is -0.842. The van der Waals surface area contributed by atoms with E-state index in [1.54, 1.807) is 6.07 Å². The number of hydrogen-bond acceptors (Lipinski definition) is 4. The minimum Gasteiger partial charge on any atom is -0.481 e. The Hall–Kier alpha value is -1.88. The average Bonchev–Trinajstić information content (AvgIpc) is 2.78. The normalized spacial score (nSPS) is 11.6. The molecule has 5 nitrogen and oxygen atoms in total. The Kier molecular flexibility index (Phi) is 4.32. The summed E-state index contributed by atoms with van der Waals surface area (Å²) in [6.07, 6.45) is 0.451. The van der Waals surface area contributed by atoms with Crippen molar-refractivity contribution in [3.8, 4) is 11.5 Å². The van der Waals surface area contributed by atoms with Crippen molar-refractivity contribution in [3.05, 3.63) is 34.7 Å². The summed E-state index contributed by atoms with van der Waals surface area (Å²) in [7, 11) is 0. The Balaban J connectivity index is 2.22. The molecule has 6 heteroatoms. The molecule has 0 atom stereocenters. The van der Waals surface area contributed by atoms with Crippen LogP contribution in [0, 0.1) is 12.3 Å². The molecule has 0 bridgehead atoms. The van der Waals surface area contributed by atoms with E-state index in [0.717, 1.165) is 11.1 Å². The van der Waals surface area contributed by atoms with Crippen LogP contribution in [0.2, 0.25) is 5.02 Å². The number of aliphatic carboxylic acids is 1. The van der Waals surface area contributed by atoms with E-state index in [9.17, 15) is 4.79 Å². The molecule has 2 rings (SSSR count). The highest BCUT2D eigenvalue weighted by Crippen LogP contribution is 2.30. The van der Waals surface area contributed by atoms with Crippen molar-refractivity contribution >= 4 is 17.6 Å². The number of hydrogen-bond donors (Lipinski definition) is 1. The number of carbonyl (C=O) groups is 1. The quantitative estimate of drug-likeness (QED) is 0.910.